The van der Waals surface area contributed by atoms with Crippen LogP contribution in [0.3, 0.4) is 0 Å². The van der Waals surface area contributed by atoms with Gasteiger partial charge in [0.05, 0.1) is 0 Å². The molecule has 0 amide bonds. The zero-order valence-electron chi connectivity index (χ0n) is 8.39. The molecule has 12 heavy (non-hydrogen) atoms. The smallest absolute Gasteiger partial charge is 0.200 e. The van der Waals surface area contributed by atoms with Crippen molar-refractivity contribution in [1.29, 1.82) is 3.70 Å². The average molecular weight is 204 g/mol. The maximum atomic E-state index is 12.9. The number of hydrogen-bond donors (Lipinski definition) is 0. The molecule has 0 heterocycles. The molecule has 0 spiro atoms. The molecule has 0 radical (unpaired) electrons. The Hall–Kier alpha value is -0.913. The number of hydrogen-bond acceptors (Lipinski definition) is 0. The van der Waals surface area contributed by atoms with E-state index < -0.39 is 44.3 Å². The molecule has 0 atom stereocenters. The molecule has 66 valence electrons. The van der Waals surface area contributed by atoms with Crippen molar-refractivity contribution in [2.75, 3.05) is 0 Å². The van der Waals surface area contributed by atoms with Gasteiger partial charge in [0.25, 0.3) is 0 Å². The van der Waals surface area contributed by atoms with Gasteiger partial charge in [-0.1, -0.05) is 0 Å². The van der Waals surface area contributed by atoms with Crippen LogP contribution in [0.25, 0.3) is 0 Å². The highest BCUT2D eigenvalue weighted by Crippen LogP contribution is 2.14. The second-order valence-corrected chi connectivity index (χ2v) is 2.44. The Morgan fingerprint density at radius 1 is 0.750 bits per heavy atom. The second kappa shape index (κ2) is 2.85. The van der Waals surface area contributed by atoms with Gasteiger partial charge in [-0.3, -0.25) is 0 Å². The van der Waals surface area contributed by atoms with Crippen LogP contribution >= 0.6 is 0 Å². The molecule has 6 heteroatoms. The first-order chi connectivity index (χ1) is 6.68. The maximum absolute atomic E-state index is 12.9. The molecule has 0 aliphatic carbocycles. The average Bonchev–Trinajstić information content (AvgIpc) is 2.09. The molecule has 0 saturated heterocycles. The van der Waals surface area contributed by atoms with E-state index in [0.717, 1.165) is 0 Å². The summed E-state index contributed by atoms with van der Waals surface area (Å²) in [5.41, 5.74) is 0. The monoisotopic (exact) mass is 204 g/mol. The van der Waals surface area contributed by atoms with Crippen LogP contribution in [-0.2, 0) is 0 Å². The van der Waals surface area contributed by atoms with E-state index in [-0.39, 0.29) is 0 Å². The normalized spacial score (nSPS) is 15.2. The van der Waals surface area contributed by atoms with Crippen molar-refractivity contribution in [3.05, 3.63) is 29.1 Å². The number of benzene rings is 1. The summed E-state index contributed by atoms with van der Waals surface area (Å²) in [5.74, 6) is -11.3. The summed E-state index contributed by atoms with van der Waals surface area (Å²) in [6, 6.07) is 0. The Labute approximate surface area is 71.1 Å². The molecule has 0 bridgehead atoms. The standard InChI is InChI=1S/C6H3F5Si/c7-1-2(8)4(10)6(12)5(11)3(1)9/h12H3/i12T3. The van der Waals surface area contributed by atoms with E-state index in [1.807, 2.05) is 0 Å². The van der Waals surface area contributed by atoms with Crippen LogP contribution in [0.5, 0.6) is 0 Å². The summed E-state index contributed by atoms with van der Waals surface area (Å²) in [6.45, 7) is 0. The predicted molar refractivity (Wildman–Crippen MR) is 35.8 cm³/mol. The van der Waals surface area contributed by atoms with Crippen molar-refractivity contribution >= 4 is 15.2 Å². The molecule has 0 unspecified atom stereocenters. The first-order valence-electron chi connectivity index (χ1n) is 4.19. The zero-order chi connectivity index (χ0) is 12.0. The van der Waals surface area contributed by atoms with Crippen LogP contribution in [0.1, 0.15) is 0 Å². The van der Waals surface area contributed by atoms with Crippen molar-refractivity contribution in [2.24, 2.45) is 0 Å². The van der Waals surface area contributed by atoms with Gasteiger partial charge in [-0.2, -0.15) is 0 Å². The molecule has 0 aliphatic heterocycles. The third kappa shape index (κ3) is 1.11. The van der Waals surface area contributed by atoms with Gasteiger partial charge in [0.15, 0.2) is 23.3 Å². The predicted octanol–water partition coefficient (Wildman–Crippen LogP) is 0.373. The van der Waals surface area contributed by atoms with E-state index in [4.69, 9.17) is 3.70 Å². The largest absolute Gasteiger partial charge is 0.204 e. The highest BCUT2D eigenvalue weighted by atomic mass is 28.1. The summed E-state index contributed by atoms with van der Waals surface area (Å²) in [4.78, 5) is 0. The van der Waals surface area contributed by atoms with Crippen LogP contribution < -0.4 is 5.19 Å². The Kier molecular flexibility index (Phi) is 1.35. The van der Waals surface area contributed by atoms with Gasteiger partial charge in [0, 0.05) is 18.9 Å². The molecule has 0 aromatic heterocycles. The minimum Gasteiger partial charge on any atom is -0.204 e. The molecular weight excluding hydrogens is 195 g/mol. The molecule has 0 nitrogen and oxygen atoms in total. The summed E-state index contributed by atoms with van der Waals surface area (Å²) < 4.78 is 83.5. The van der Waals surface area contributed by atoms with Crippen LogP contribution in [-0.4, -0.2) is 13.7 Å². The molecular formula is C6H3F5Si. The summed E-state index contributed by atoms with van der Waals surface area (Å²) in [5, 5.41) is -1.65. The first-order valence-corrected chi connectivity index (χ1v) is 3.19. The second-order valence-electron chi connectivity index (χ2n) is 1.94. The van der Waals surface area contributed by atoms with Crippen LogP contribution in [0.4, 0.5) is 22.0 Å². The Morgan fingerprint density at radius 2 is 1.08 bits per heavy atom. The van der Waals surface area contributed by atoms with Crippen molar-refractivity contribution in [3.8, 4) is 0 Å². The highest BCUT2D eigenvalue weighted by molar-refractivity contribution is 6.32. The van der Waals surface area contributed by atoms with Crippen LogP contribution in [0, 0.1) is 29.1 Å². The van der Waals surface area contributed by atoms with E-state index in [0.29, 0.717) is 0 Å². The molecule has 0 fully saturated rings. The van der Waals surface area contributed by atoms with Gasteiger partial charge in [0.2, 0.25) is 5.82 Å². The fraction of sp³-hybridized carbons (Fsp3) is 0. The molecule has 0 saturated carbocycles. The van der Waals surface area contributed by atoms with Crippen molar-refractivity contribution in [1.82, 2.24) is 0 Å². The van der Waals surface area contributed by atoms with Crippen molar-refractivity contribution in [3.63, 3.8) is 0 Å². The number of halogens is 5. The fourth-order valence-corrected chi connectivity index (χ4v) is 0.824. The van der Waals surface area contributed by atoms with E-state index in [2.05, 4.69) is 0 Å². The summed E-state index contributed by atoms with van der Waals surface area (Å²) in [6.07, 6.45) is 0. The lowest BCUT2D eigenvalue weighted by Gasteiger charge is -2.02. The molecule has 0 aliphatic rings. The lowest BCUT2D eigenvalue weighted by molar-refractivity contribution is 0.384. The van der Waals surface area contributed by atoms with E-state index in [1.54, 1.807) is 0 Å². The third-order valence-corrected chi connectivity index (χ3v) is 1.65. The first kappa shape index (κ1) is 5.68. The fourth-order valence-electron chi connectivity index (χ4n) is 0.605. The lowest BCUT2D eigenvalue weighted by atomic mass is 10.3. The Bertz CT molecular complexity index is 387. The van der Waals surface area contributed by atoms with Crippen molar-refractivity contribution < 1.29 is 22.0 Å². The minimum absolute atomic E-state index is 1.65. The van der Waals surface area contributed by atoms with Gasteiger partial charge in [0.1, 0.15) is 0 Å². The van der Waals surface area contributed by atoms with Gasteiger partial charge in [-0.25, -0.2) is 22.0 Å². The van der Waals surface area contributed by atoms with E-state index >= 15 is 0 Å². The minimum atomic E-state index is -4.85. The maximum Gasteiger partial charge on any atom is 0.200 e. The van der Waals surface area contributed by atoms with Crippen LogP contribution in [0.15, 0.2) is 0 Å². The quantitative estimate of drug-likeness (QED) is 0.268. The topological polar surface area (TPSA) is 0 Å². The van der Waals surface area contributed by atoms with Crippen LogP contribution in [0.2, 0.25) is 0 Å². The van der Waals surface area contributed by atoms with Gasteiger partial charge < -0.3 is 0 Å². The summed E-state index contributed by atoms with van der Waals surface area (Å²) in [7, 11) is -4.85. The molecule has 1 aromatic carbocycles. The van der Waals surface area contributed by atoms with E-state index in [9.17, 15) is 22.0 Å². The molecule has 0 N–H and O–H groups in total. The van der Waals surface area contributed by atoms with Gasteiger partial charge >= 0.3 is 0 Å². The highest BCUT2D eigenvalue weighted by Gasteiger charge is 2.22. The SMILES string of the molecule is [3H][Si]([3H])([3H])c1c(F)c(F)c(F)c(F)c1F. The third-order valence-electron chi connectivity index (χ3n) is 1.21. The Balaban J connectivity index is 3.68. The molecule has 1 rings (SSSR count). The molecule has 1 aromatic rings. The van der Waals surface area contributed by atoms with Gasteiger partial charge in [-0.05, 0) is 0 Å². The van der Waals surface area contributed by atoms with E-state index in [1.165, 1.54) is 0 Å². The van der Waals surface area contributed by atoms with Crippen molar-refractivity contribution in [2.45, 2.75) is 0 Å². The Morgan fingerprint density at radius 3 is 1.42 bits per heavy atom. The lowest BCUT2D eigenvalue weighted by Crippen LogP contribution is -2.20. The van der Waals surface area contributed by atoms with Gasteiger partial charge in [-0.15, -0.1) is 0 Å². The number of rotatable bonds is 1. The summed E-state index contributed by atoms with van der Waals surface area (Å²) >= 11 is 0. The zero-order valence-corrected chi connectivity index (χ0v) is 6.39.